The van der Waals surface area contributed by atoms with E-state index in [1.807, 2.05) is 0 Å². The Morgan fingerprint density at radius 2 is 2.05 bits per heavy atom. The minimum absolute atomic E-state index is 0.521. The molecule has 6 heteroatoms. The Morgan fingerprint density at radius 1 is 1.42 bits per heavy atom. The van der Waals surface area contributed by atoms with E-state index < -0.39 is 20.6 Å². The quantitative estimate of drug-likeness (QED) is 0.931. The van der Waals surface area contributed by atoms with Gasteiger partial charge >= 0.3 is 0 Å². The van der Waals surface area contributed by atoms with Crippen LogP contribution in [0.15, 0.2) is 24.3 Å². The molecule has 1 N–H and O–H groups in total. The molecule has 4 nitrogen and oxygen atoms in total. The highest BCUT2D eigenvalue weighted by Gasteiger charge is 2.48. The summed E-state index contributed by atoms with van der Waals surface area (Å²) < 4.78 is 23.7. The lowest BCUT2D eigenvalue weighted by Crippen LogP contribution is -2.47. The highest BCUT2D eigenvalue weighted by molar-refractivity contribution is 7.91. The standard InChI is InChI=1S/C13H15ClN2O2S/c1-19(17,18)12-3-2-8-13(12,9-15)16-11-6-4-10(14)5-7-11/h4-7,12,16H,2-3,8H2,1H3. The third-order valence-electron chi connectivity index (χ3n) is 3.52. The minimum Gasteiger partial charge on any atom is -0.366 e. The van der Waals surface area contributed by atoms with Gasteiger partial charge < -0.3 is 5.32 Å². The van der Waals surface area contributed by atoms with Crippen LogP contribution in [-0.2, 0) is 9.84 Å². The molecule has 0 heterocycles. The molecule has 1 saturated carbocycles. The Morgan fingerprint density at radius 3 is 2.58 bits per heavy atom. The van der Waals surface area contributed by atoms with E-state index in [-0.39, 0.29) is 0 Å². The van der Waals surface area contributed by atoms with E-state index in [9.17, 15) is 13.7 Å². The van der Waals surface area contributed by atoms with Gasteiger partial charge in [-0.05, 0) is 43.5 Å². The summed E-state index contributed by atoms with van der Waals surface area (Å²) in [7, 11) is -3.26. The summed E-state index contributed by atoms with van der Waals surface area (Å²) >= 11 is 5.81. The average Bonchev–Trinajstić information content (AvgIpc) is 2.76. The van der Waals surface area contributed by atoms with E-state index in [1.54, 1.807) is 24.3 Å². The molecule has 1 aliphatic rings. The van der Waals surface area contributed by atoms with E-state index in [0.29, 0.717) is 23.6 Å². The van der Waals surface area contributed by atoms with Gasteiger partial charge in [-0.25, -0.2) is 8.42 Å². The first kappa shape index (κ1) is 14.2. The van der Waals surface area contributed by atoms with Crippen LogP contribution in [-0.4, -0.2) is 25.5 Å². The molecule has 0 amide bonds. The Balaban J connectivity index is 2.33. The maximum absolute atomic E-state index is 11.8. The predicted molar refractivity (Wildman–Crippen MR) is 75.9 cm³/mol. The molecular weight excluding hydrogens is 284 g/mol. The number of halogens is 1. The number of benzene rings is 1. The molecule has 19 heavy (non-hydrogen) atoms. The first-order valence-electron chi connectivity index (χ1n) is 6.01. The molecule has 0 radical (unpaired) electrons. The number of anilines is 1. The summed E-state index contributed by atoms with van der Waals surface area (Å²) in [5, 5.41) is 12.5. The first-order valence-corrected chi connectivity index (χ1v) is 8.34. The second-order valence-electron chi connectivity index (χ2n) is 4.93. The van der Waals surface area contributed by atoms with Crippen LogP contribution in [0.5, 0.6) is 0 Å². The van der Waals surface area contributed by atoms with Crippen LogP contribution in [0.1, 0.15) is 19.3 Å². The second kappa shape index (κ2) is 5.03. The molecule has 2 unspecified atom stereocenters. The average molecular weight is 299 g/mol. The van der Waals surface area contributed by atoms with Crippen molar-refractivity contribution in [2.75, 3.05) is 11.6 Å². The molecular formula is C13H15ClN2O2S. The van der Waals surface area contributed by atoms with Crippen molar-refractivity contribution in [3.8, 4) is 6.07 Å². The van der Waals surface area contributed by atoms with Crippen molar-refractivity contribution in [1.29, 1.82) is 5.26 Å². The van der Waals surface area contributed by atoms with Crippen LogP contribution in [0.2, 0.25) is 5.02 Å². The van der Waals surface area contributed by atoms with E-state index in [2.05, 4.69) is 11.4 Å². The van der Waals surface area contributed by atoms with Gasteiger partial charge in [-0.15, -0.1) is 0 Å². The largest absolute Gasteiger partial charge is 0.366 e. The summed E-state index contributed by atoms with van der Waals surface area (Å²) in [5.74, 6) is 0. The van der Waals surface area contributed by atoms with Crippen molar-refractivity contribution in [2.45, 2.75) is 30.1 Å². The summed E-state index contributed by atoms with van der Waals surface area (Å²) in [6, 6.07) is 9.09. The molecule has 2 atom stereocenters. The first-order chi connectivity index (χ1) is 8.87. The molecule has 102 valence electrons. The lowest BCUT2D eigenvalue weighted by Gasteiger charge is -2.29. The summed E-state index contributed by atoms with van der Waals surface area (Å²) in [6.07, 6.45) is 2.97. The maximum Gasteiger partial charge on any atom is 0.153 e. The fraction of sp³-hybridized carbons (Fsp3) is 0.462. The number of rotatable bonds is 3. The zero-order valence-corrected chi connectivity index (χ0v) is 12.1. The van der Waals surface area contributed by atoms with E-state index in [4.69, 9.17) is 11.6 Å². The zero-order chi connectivity index (χ0) is 14.1. The van der Waals surface area contributed by atoms with Crippen molar-refractivity contribution in [2.24, 2.45) is 0 Å². The fourth-order valence-corrected chi connectivity index (χ4v) is 4.32. The predicted octanol–water partition coefficient (Wildman–Crippen LogP) is 2.61. The molecule has 1 aromatic rings. The number of nitrogens with zero attached hydrogens (tertiary/aromatic N) is 1. The summed E-state index contributed by atoms with van der Waals surface area (Å²) in [4.78, 5) is 0. The van der Waals surface area contributed by atoms with Crippen LogP contribution in [0.4, 0.5) is 5.69 Å². The van der Waals surface area contributed by atoms with Crippen molar-refractivity contribution in [1.82, 2.24) is 0 Å². The smallest absolute Gasteiger partial charge is 0.153 e. The number of nitriles is 1. The SMILES string of the molecule is CS(=O)(=O)C1CCCC1(C#N)Nc1ccc(Cl)cc1. The molecule has 0 aromatic heterocycles. The zero-order valence-electron chi connectivity index (χ0n) is 10.6. The maximum atomic E-state index is 11.8. The van der Waals surface area contributed by atoms with Crippen molar-refractivity contribution < 1.29 is 8.42 Å². The molecule has 0 saturated heterocycles. The molecule has 1 aliphatic carbocycles. The lowest BCUT2D eigenvalue weighted by molar-refractivity contribution is 0.552. The normalized spacial score (nSPS) is 26.9. The van der Waals surface area contributed by atoms with Gasteiger partial charge in [0.25, 0.3) is 0 Å². The lowest BCUT2D eigenvalue weighted by atomic mass is 9.99. The highest BCUT2D eigenvalue weighted by Crippen LogP contribution is 2.37. The third kappa shape index (κ3) is 2.85. The van der Waals surface area contributed by atoms with Gasteiger partial charge in [0.1, 0.15) is 5.54 Å². The van der Waals surface area contributed by atoms with Gasteiger partial charge in [0.2, 0.25) is 0 Å². The second-order valence-corrected chi connectivity index (χ2v) is 7.59. The van der Waals surface area contributed by atoms with Gasteiger partial charge in [0, 0.05) is 17.0 Å². The monoisotopic (exact) mass is 298 g/mol. The molecule has 2 rings (SSSR count). The van der Waals surface area contributed by atoms with Crippen molar-refractivity contribution in [3.05, 3.63) is 29.3 Å². The molecule has 1 aromatic carbocycles. The Labute approximate surface area is 118 Å². The molecule has 0 aliphatic heterocycles. The summed E-state index contributed by atoms with van der Waals surface area (Å²) in [5.41, 5.74) is -0.331. The molecule has 1 fully saturated rings. The van der Waals surface area contributed by atoms with Crippen molar-refractivity contribution in [3.63, 3.8) is 0 Å². The van der Waals surface area contributed by atoms with Gasteiger partial charge in [0.05, 0.1) is 11.3 Å². The Hall–Kier alpha value is -1.25. The van der Waals surface area contributed by atoms with E-state index >= 15 is 0 Å². The van der Waals surface area contributed by atoms with E-state index in [1.165, 1.54) is 6.26 Å². The van der Waals surface area contributed by atoms with Crippen LogP contribution in [0.3, 0.4) is 0 Å². The molecule has 0 spiro atoms. The fourth-order valence-electron chi connectivity index (χ4n) is 2.64. The Kier molecular flexibility index (Phi) is 3.75. The number of nitrogens with one attached hydrogen (secondary N) is 1. The van der Waals surface area contributed by atoms with Gasteiger partial charge in [-0.1, -0.05) is 11.6 Å². The van der Waals surface area contributed by atoms with Crippen LogP contribution < -0.4 is 5.32 Å². The number of sulfone groups is 1. The number of hydrogen-bond donors (Lipinski definition) is 1. The van der Waals surface area contributed by atoms with Gasteiger partial charge in [-0.2, -0.15) is 5.26 Å². The third-order valence-corrected chi connectivity index (χ3v) is 5.44. The molecule has 0 bridgehead atoms. The Bertz CT molecular complexity index is 607. The van der Waals surface area contributed by atoms with Crippen LogP contribution >= 0.6 is 11.6 Å². The summed E-state index contributed by atoms with van der Waals surface area (Å²) in [6.45, 7) is 0. The van der Waals surface area contributed by atoms with E-state index in [0.717, 1.165) is 6.42 Å². The topological polar surface area (TPSA) is 70.0 Å². The minimum atomic E-state index is -3.26. The van der Waals surface area contributed by atoms with Crippen LogP contribution in [0, 0.1) is 11.3 Å². The highest BCUT2D eigenvalue weighted by atomic mass is 35.5. The van der Waals surface area contributed by atoms with Gasteiger partial charge in [0.15, 0.2) is 9.84 Å². The van der Waals surface area contributed by atoms with Crippen molar-refractivity contribution >= 4 is 27.1 Å². The van der Waals surface area contributed by atoms with Gasteiger partial charge in [-0.3, -0.25) is 0 Å². The number of hydrogen-bond acceptors (Lipinski definition) is 4. The van der Waals surface area contributed by atoms with Crippen LogP contribution in [0.25, 0.3) is 0 Å².